The zero-order valence-corrected chi connectivity index (χ0v) is 14.2. The van der Waals surface area contributed by atoms with Crippen LogP contribution >= 0.6 is 0 Å². The molecule has 0 unspecified atom stereocenters. The van der Waals surface area contributed by atoms with Gasteiger partial charge in [0.1, 0.15) is 32.3 Å². The van der Waals surface area contributed by atoms with E-state index in [1.807, 2.05) is 43.2 Å². The van der Waals surface area contributed by atoms with Crippen LogP contribution in [-0.4, -0.2) is 36.1 Å². The van der Waals surface area contributed by atoms with Crippen molar-refractivity contribution in [3.8, 4) is 11.5 Å². The third-order valence-electron chi connectivity index (χ3n) is 3.51. The van der Waals surface area contributed by atoms with E-state index >= 15 is 0 Å². The molecule has 2 rings (SSSR count). The number of pyridine rings is 2. The van der Waals surface area contributed by atoms with E-state index in [0.717, 1.165) is 17.1 Å². The SMILES string of the molecule is C[n+]1ccc(OCCCOc2ccc(/C=N\O)[n+](C)c2)cc1/C=N\O. The summed E-state index contributed by atoms with van der Waals surface area (Å²) in [5, 5.41) is 23.2. The van der Waals surface area contributed by atoms with E-state index in [4.69, 9.17) is 19.9 Å². The second-order valence-electron chi connectivity index (χ2n) is 5.34. The predicted octanol–water partition coefficient (Wildman–Crippen LogP) is 0.800. The van der Waals surface area contributed by atoms with E-state index in [-0.39, 0.29) is 0 Å². The fraction of sp³-hybridized carbons (Fsp3) is 0.294. The summed E-state index contributed by atoms with van der Waals surface area (Å²) in [6.45, 7) is 1.02. The average molecular weight is 346 g/mol. The van der Waals surface area contributed by atoms with Gasteiger partial charge in [0.25, 0.3) is 0 Å². The Kier molecular flexibility index (Phi) is 6.70. The quantitative estimate of drug-likeness (QED) is 0.243. The lowest BCUT2D eigenvalue weighted by Gasteiger charge is -2.07. The molecule has 2 aromatic heterocycles. The van der Waals surface area contributed by atoms with Gasteiger partial charge in [0.2, 0.25) is 17.6 Å². The molecule has 0 saturated heterocycles. The number of aryl methyl sites for hydroxylation is 2. The molecular weight excluding hydrogens is 324 g/mol. The minimum atomic E-state index is 0.505. The van der Waals surface area contributed by atoms with E-state index in [0.29, 0.717) is 25.4 Å². The summed E-state index contributed by atoms with van der Waals surface area (Å²) in [5.74, 6) is 1.43. The maximum absolute atomic E-state index is 8.63. The smallest absolute Gasteiger partial charge is 0.230 e. The van der Waals surface area contributed by atoms with Crippen LogP contribution in [0.5, 0.6) is 11.5 Å². The Bertz CT molecular complexity index is 762. The zero-order chi connectivity index (χ0) is 18.1. The summed E-state index contributed by atoms with van der Waals surface area (Å²) < 4.78 is 15.0. The molecule has 0 saturated carbocycles. The molecule has 0 aromatic carbocycles. The van der Waals surface area contributed by atoms with Gasteiger partial charge in [0, 0.05) is 18.6 Å². The van der Waals surface area contributed by atoms with Crippen LogP contribution in [-0.2, 0) is 14.1 Å². The fourth-order valence-corrected chi connectivity index (χ4v) is 2.16. The Morgan fingerprint density at radius 1 is 0.920 bits per heavy atom. The average Bonchev–Trinajstić information content (AvgIpc) is 2.60. The van der Waals surface area contributed by atoms with Crippen molar-refractivity contribution < 1.29 is 29.0 Å². The lowest BCUT2D eigenvalue weighted by molar-refractivity contribution is -0.672. The molecule has 2 heterocycles. The summed E-state index contributed by atoms with van der Waals surface area (Å²) in [6, 6.07) is 7.26. The molecule has 0 atom stereocenters. The van der Waals surface area contributed by atoms with Crippen LogP contribution in [0.4, 0.5) is 0 Å². The second-order valence-corrected chi connectivity index (χ2v) is 5.34. The number of hydrogen-bond acceptors (Lipinski definition) is 6. The van der Waals surface area contributed by atoms with E-state index < -0.39 is 0 Å². The number of oxime groups is 2. The van der Waals surface area contributed by atoms with Gasteiger partial charge in [0.15, 0.2) is 11.9 Å². The third kappa shape index (κ3) is 5.45. The molecule has 0 aliphatic heterocycles. The van der Waals surface area contributed by atoms with E-state index in [1.54, 1.807) is 16.7 Å². The third-order valence-corrected chi connectivity index (χ3v) is 3.51. The van der Waals surface area contributed by atoms with Crippen LogP contribution < -0.4 is 18.6 Å². The highest BCUT2D eigenvalue weighted by molar-refractivity contribution is 5.75. The van der Waals surface area contributed by atoms with Crippen molar-refractivity contribution in [1.82, 2.24) is 0 Å². The van der Waals surface area contributed by atoms with Gasteiger partial charge in [-0.25, -0.2) is 0 Å². The first-order chi connectivity index (χ1) is 12.1. The highest BCUT2D eigenvalue weighted by Gasteiger charge is 2.08. The lowest BCUT2D eigenvalue weighted by atomic mass is 10.3. The Hall–Kier alpha value is -3.16. The van der Waals surface area contributed by atoms with Crippen LogP contribution in [0.3, 0.4) is 0 Å². The minimum Gasteiger partial charge on any atom is -0.493 e. The first-order valence-electron chi connectivity index (χ1n) is 7.74. The van der Waals surface area contributed by atoms with Gasteiger partial charge < -0.3 is 19.9 Å². The van der Waals surface area contributed by atoms with Crippen LogP contribution in [0, 0.1) is 0 Å². The molecule has 0 aliphatic rings. The molecule has 0 amide bonds. The van der Waals surface area contributed by atoms with Crippen LogP contribution in [0.1, 0.15) is 17.8 Å². The number of hydrogen-bond donors (Lipinski definition) is 2. The van der Waals surface area contributed by atoms with Crippen molar-refractivity contribution in [2.75, 3.05) is 13.2 Å². The Morgan fingerprint density at radius 3 is 2.28 bits per heavy atom. The largest absolute Gasteiger partial charge is 0.493 e. The van der Waals surface area contributed by atoms with Gasteiger partial charge in [-0.15, -0.1) is 0 Å². The molecule has 8 heteroatoms. The molecule has 0 radical (unpaired) electrons. The van der Waals surface area contributed by atoms with Gasteiger partial charge in [-0.2, -0.15) is 9.13 Å². The number of rotatable bonds is 8. The van der Waals surface area contributed by atoms with Gasteiger partial charge in [-0.1, -0.05) is 10.3 Å². The molecular formula is C17H22N4O4+2. The standard InChI is InChI=1S/C17H20N4O4/c1-20-7-6-16(10-15(20)12-19-23)24-8-3-9-25-17-5-4-14(11-18-22)21(2)13-17/h4-7,10-13H,3,8-9H2,1-2H3/p+2. The minimum absolute atomic E-state index is 0.505. The molecule has 8 nitrogen and oxygen atoms in total. The van der Waals surface area contributed by atoms with E-state index in [2.05, 4.69) is 10.3 Å². The van der Waals surface area contributed by atoms with Gasteiger partial charge in [-0.3, -0.25) is 0 Å². The van der Waals surface area contributed by atoms with Crippen molar-refractivity contribution in [2.45, 2.75) is 6.42 Å². The Morgan fingerprint density at radius 2 is 1.60 bits per heavy atom. The molecule has 2 aromatic rings. The summed E-state index contributed by atoms with van der Waals surface area (Å²) in [5.41, 5.74) is 1.49. The van der Waals surface area contributed by atoms with Crippen LogP contribution in [0.2, 0.25) is 0 Å². The molecule has 0 spiro atoms. The number of ether oxygens (including phenoxy) is 2. The van der Waals surface area contributed by atoms with Crippen LogP contribution in [0.15, 0.2) is 47.0 Å². The summed E-state index contributed by atoms with van der Waals surface area (Å²) in [6.07, 6.45) is 7.07. The fourth-order valence-electron chi connectivity index (χ4n) is 2.16. The number of nitrogens with zero attached hydrogens (tertiary/aromatic N) is 4. The molecule has 132 valence electrons. The molecule has 0 fully saturated rings. The predicted molar refractivity (Wildman–Crippen MR) is 89.6 cm³/mol. The maximum atomic E-state index is 8.63. The van der Waals surface area contributed by atoms with Crippen molar-refractivity contribution in [3.63, 3.8) is 0 Å². The topological polar surface area (TPSA) is 91.4 Å². The van der Waals surface area contributed by atoms with Crippen LogP contribution in [0.25, 0.3) is 0 Å². The molecule has 0 aliphatic carbocycles. The van der Waals surface area contributed by atoms with Crippen molar-refractivity contribution in [2.24, 2.45) is 24.4 Å². The normalized spacial score (nSPS) is 11.3. The Labute approximate surface area is 145 Å². The van der Waals surface area contributed by atoms with E-state index in [9.17, 15) is 0 Å². The molecule has 25 heavy (non-hydrogen) atoms. The zero-order valence-electron chi connectivity index (χ0n) is 14.2. The van der Waals surface area contributed by atoms with Gasteiger partial charge >= 0.3 is 0 Å². The molecule has 0 bridgehead atoms. The van der Waals surface area contributed by atoms with Crippen molar-refractivity contribution in [1.29, 1.82) is 0 Å². The first-order valence-corrected chi connectivity index (χ1v) is 7.74. The van der Waals surface area contributed by atoms with E-state index in [1.165, 1.54) is 12.4 Å². The maximum Gasteiger partial charge on any atom is 0.230 e. The Balaban J connectivity index is 1.78. The van der Waals surface area contributed by atoms with Crippen molar-refractivity contribution >= 4 is 12.4 Å². The second kappa shape index (κ2) is 9.21. The highest BCUT2D eigenvalue weighted by Crippen LogP contribution is 2.10. The van der Waals surface area contributed by atoms with Gasteiger partial charge in [0.05, 0.1) is 19.3 Å². The van der Waals surface area contributed by atoms with Gasteiger partial charge in [-0.05, 0) is 6.07 Å². The molecule has 2 N–H and O–H groups in total. The highest BCUT2D eigenvalue weighted by atomic mass is 16.5. The van der Waals surface area contributed by atoms with Crippen molar-refractivity contribution in [3.05, 3.63) is 48.0 Å². The lowest BCUT2D eigenvalue weighted by Crippen LogP contribution is -2.33. The summed E-state index contributed by atoms with van der Waals surface area (Å²) >= 11 is 0. The number of aromatic nitrogens is 2. The summed E-state index contributed by atoms with van der Waals surface area (Å²) in [4.78, 5) is 0. The first kappa shape index (κ1) is 18.2. The summed E-state index contributed by atoms with van der Waals surface area (Å²) in [7, 11) is 3.70. The monoisotopic (exact) mass is 346 g/mol.